The van der Waals surface area contributed by atoms with E-state index < -0.39 is 0 Å². The lowest BCUT2D eigenvalue weighted by molar-refractivity contribution is 0.0549. The van der Waals surface area contributed by atoms with Gasteiger partial charge in [0.1, 0.15) is 12.4 Å². The van der Waals surface area contributed by atoms with Crippen molar-refractivity contribution >= 4 is 5.97 Å². The highest BCUT2D eigenvalue weighted by Gasteiger charge is 2.06. The van der Waals surface area contributed by atoms with Gasteiger partial charge in [-0.1, -0.05) is 98.8 Å². The SMILES string of the molecule is CC(C)=CCC/C(C)=C/CC/C(C)=C/CC/C(C)=C/CC/C(C)=C/CC/C(C)=C/CC/C(C)=C/CC/C(C)=C/CC/C(C)=C/COC(=O)c1ccc(O)cc1. The maximum absolute atomic E-state index is 12.1. The molecule has 0 bridgehead atoms. The number of phenols is 1. The Morgan fingerprint density at radius 3 is 0.945 bits per heavy atom. The summed E-state index contributed by atoms with van der Waals surface area (Å²) in [5.41, 5.74) is 13.5. The van der Waals surface area contributed by atoms with Gasteiger partial charge in [-0.15, -0.1) is 0 Å². The third-order valence-corrected chi connectivity index (χ3v) is 10.1. The standard InChI is InChI=1S/C52H78O3/c1-41(2)19-11-20-42(3)21-12-22-43(4)23-13-24-44(5)25-14-26-45(6)27-15-28-46(7)29-16-30-47(8)31-17-32-48(9)33-18-34-49(10)39-40-55-52(54)50-35-37-51(53)38-36-50/h19,21,23,25,27,29,31,33,35-39,53H,11-18,20,22,24,26,28,30,32,34,40H2,1-10H3/b42-21+,43-23+,44-25+,45-27+,46-29+,47-31+,48-33+,49-39+. The van der Waals surface area contributed by atoms with E-state index in [0.717, 1.165) is 83.5 Å². The second-order valence-corrected chi connectivity index (χ2v) is 16.1. The molecule has 0 spiro atoms. The molecule has 0 fully saturated rings. The number of aromatic hydroxyl groups is 1. The smallest absolute Gasteiger partial charge is 0.338 e. The van der Waals surface area contributed by atoms with E-state index in [1.165, 1.54) is 81.6 Å². The molecular formula is C52H78O3. The first-order chi connectivity index (χ1) is 26.2. The molecule has 0 saturated carbocycles. The Bertz CT molecular complexity index is 1540. The van der Waals surface area contributed by atoms with E-state index in [0.29, 0.717) is 5.56 Å². The number of rotatable bonds is 27. The molecule has 0 heterocycles. The molecule has 0 aliphatic heterocycles. The molecule has 0 atom stereocenters. The Morgan fingerprint density at radius 1 is 0.418 bits per heavy atom. The summed E-state index contributed by atoms with van der Waals surface area (Å²) in [7, 11) is 0. The van der Waals surface area contributed by atoms with E-state index in [9.17, 15) is 9.90 Å². The highest BCUT2D eigenvalue weighted by Crippen LogP contribution is 2.18. The van der Waals surface area contributed by atoms with Gasteiger partial charge < -0.3 is 9.84 Å². The zero-order valence-electron chi connectivity index (χ0n) is 36.8. The zero-order valence-corrected chi connectivity index (χ0v) is 36.8. The number of ether oxygens (including phenoxy) is 1. The third kappa shape index (κ3) is 28.3. The van der Waals surface area contributed by atoms with Crippen molar-refractivity contribution in [3.63, 3.8) is 0 Å². The summed E-state index contributed by atoms with van der Waals surface area (Å²) in [4.78, 5) is 12.1. The van der Waals surface area contributed by atoms with Gasteiger partial charge in [0.15, 0.2) is 0 Å². The minimum atomic E-state index is -0.377. The number of phenolic OH excluding ortho intramolecular Hbond substituents is 1. The molecule has 1 rings (SSSR count). The van der Waals surface area contributed by atoms with Crippen molar-refractivity contribution in [1.82, 2.24) is 0 Å². The average molecular weight is 751 g/mol. The maximum Gasteiger partial charge on any atom is 0.338 e. The molecule has 304 valence electrons. The molecule has 0 aliphatic rings. The molecule has 0 amide bonds. The Labute approximate surface area is 338 Å². The second-order valence-electron chi connectivity index (χ2n) is 16.1. The van der Waals surface area contributed by atoms with Crippen molar-refractivity contribution in [2.75, 3.05) is 6.61 Å². The average Bonchev–Trinajstić information content (AvgIpc) is 3.11. The van der Waals surface area contributed by atoms with Crippen LogP contribution in [0, 0.1) is 0 Å². The van der Waals surface area contributed by atoms with E-state index in [2.05, 4.69) is 118 Å². The summed E-state index contributed by atoms with van der Waals surface area (Å²) in [6, 6.07) is 6.11. The largest absolute Gasteiger partial charge is 0.508 e. The van der Waals surface area contributed by atoms with Crippen molar-refractivity contribution in [2.45, 2.75) is 172 Å². The van der Waals surface area contributed by atoms with E-state index in [1.807, 2.05) is 6.08 Å². The van der Waals surface area contributed by atoms with Crippen LogP contribution in [0.25, 0.3) is 0 Å². The Morgan fingerprint density at radius 2 is 0.673 bits per heavy atom. The van der Waals surface area contributed by atoms with E-state index in [4.69, 9.17) is 4.74 Å². The molecule has 0 radical (unpaired) electrons. The fraction of sp³-hybridized carbons (Fsp3) is 0.519. The lowest BCUT2D eigenvalue weighted by Crippen LogP contribution is -2.05. The monoisotopic (exact) mass is 751 g/mol. The quantitative estimate of drug-likeness (QED) is 0.0719. The van der Waals surface area contributed by atoms with Gasteiger partial charge >= 0.3 is 5.97 Å². The first kappa shape index (κ1) is 49.2. The zero-order chi connectivity index (χ0) is 40.8. The fourth-order valence-electron chi connectivity index (χ4n) is 6.17. The lowest BCUT2D eigenvalue weighted by atomic mass is 10.0. The van der Waals surface area contributed by atoms with Crippen LogP contribution in [-0.2, 0) is 4.74 Å². The topological polar surface area (TPSA) is 46.5 Å². The predicted molar refractivity (Wildman–Crippen MR) is 242 cm³/mol. The second kappa shape index (κ2) is 30.4. The van der Waals surface area contributed by atoms with Crippen molar-refractivity contribution in [2.24, 2.45) is 0 Å². The van der Waals surface area contributed by atoms with E-state index in [1.54, 1.807) is 12.1 Å². The number of benzene rings is 1. The van der Waals surface area contributed by atoms with Crippen molar-refractivity contribution in [3.8, 4) is 5.75 Å². The van der Waals surface area contributed by atoms with Crippen LogP contribution in [0.15, 0.2) is 129 Å². The molecule has 55 heavy (non-hydrogen) atoms. The number of hydrogen-bond donors (Lipinski definition) is 1. The number of hydrogen-bond acceptors (Lipinski definition) is 3. The summed E-state index contributed by atoms with van der Waals surface area (Å²) < 4.78 is 5.33. The Balaban J connectivity index is 2.22. The Kier molecular flexibility index (Phi) is 27.2. The van der Waals surface area contributed by atoms with Crippen LogP contribution in [0.5, 0.6) is 5.75 Å². The van der Waals surface area contributed by atoms with Gasteiger partial charge in [-0.3, -0.25) is 0 Å². The minimum Gasteiger partial charge on any atom is -0.508 e. The van der Waals surface area contributed by atoms with Crippen LogP contribution >= 0.6 is 0 Å². The van der Waals surface area contributed by atoms with Gasteiger partial charge in [-0.05, 0) is 202 Å². The fourth-order valence-corrected chi connectivity index (χ4v) is 6.17. The number of allylic oxidation sites excluding steroid dienone is 17. The molecular weight excluding hydrogens is 673 g/mol. The van der Waals surface area contributed by atoms with Crippen molar-refractivity contribution in [1.29, 1.82) is 0 Å². The molecule has 3 heteroatoms. The van der Waals surface area contributed by atoms with Crippen LogP contribution in [0.3, 0.4) is 0 Å². The van der Waals surface area contributed by atoms with Crippen LogP contribution in [0.2, 0.25) is 0 Å². The van der Waals surface area contributed by atoms with Crippen molar-refractivity contribution < 1.29 is 14.6 Å². The summed E-state index contributed by atoms with van der Waals surface area (Å²) >= 11 is 0. The number of carbonyl (C=O) groups is 1. The summed E-state index contributed by atoms with van der Waals surface area (Å²) in [6.45, 7) is 22.6. The first-order valence-corrected chi connectivity index (χ1v) is 21.1. The van der Waals surface area contributed by atoms with Gasteiger partial charge in [0.25, 0.3) is 0 Å². The Hall–Kier alpha value is -3.85. The van der Waals surface area contributed by atoms with Gasteiger partial charge in [-0.2, -0.15) is 0 Å². The van der Waals surface area contributed by atoms with Gasteiger partial charge in [0.05, 0.1) is 5.56 Å². The summed E-state index contributed by atoms with van der Waals surface area (Å²) in [6.07, 6.45) is 39.2. The highest BCUT2D eigenvalue weighted by molar-refractivity contribution is 5.89. The van der Waals surface area contributed by atoms with Crippen LogP contribution in [0.1, 0.15) is 182 Å². The third-order valence-electron chi connectivity index (χ3n) is 10.1. The predicted octanol–water partition coefficient (Wildman–Crippen LogP) is 16.3. The minimum absolute atomic E-state index is 0.135. The lowest BCUT2D eigenvalue weighted by Gasteiger charge is -2.05. The number of carbonyl (C=O) groups excluding carboxylic acids is 1. The highest BCUT2D eigenvalue weighted by atomic mass is 16.5. The molecule has 0 saturated heterocycles. The molecule has 1 N–H and O–H groups in total. The van der Waals surface area contributed by atoms with Gasteiger partial charge in [0.2, 0.25) is 0 Å². The summed E-state index contributed by atoms with van der Waals surface area (Å²) in [5.74, 6) is -0.242. The molecule has 0 unspecified atom stereocenters. The van der Waals surface area contributed by atoms with E-state index in [-0.39, 0.29) is 18.3 Å². The molecule has 1 aromatic rings. The molecule has 0 aliphatic carbocycles. The first-order valence-electron chi connectivity index (χ1n) is 21.1. The number of esters is 1. The van der Waals surface area contributed by atoms with Gasteiger partial charge in [0, 0.05) is 0 Å². The maximum atomic E-state index is 12.1. The van der Waals surface area contributed by atoms with Crippen molar-refractivity contribution in [3.05, 3.63) is 135 Å². The van der Waals surface area contributed by atoms with Crippen LogP contribution in [-0.4, -0.2) is 17.7 Å². The van der Waals surface area contributed by atoms with E-state index >= 15 is 0 Å². The van der Waals surface area contributed by atoms with Crippen LogP contribution in [0.4, 0.5) is 0 Å². The van der Waals surface area contributed by atoms with Crippen LogP contribution < -0.4 is 0 Å². The summed E-state index contributed by atoms with van der Waals surface area (Å²) in [5, 5.41) is 9.36. The molecule has 3 nitrogen and oxygen atoms in total. The normalized spacial score (nSPS) is 14.1. The van der Waals surface area contributed by atoms with Gasteiger partial charge in [-0.25, -0.2) is 4.79 Å². The molecule has 1 aromatic carbocycles. The molecule has 0 aromatic heterocycles.